The fraction of sp³-hybridized carbons (Fsp3) is 0.316. The summed E-state index contributed by atoms with van der Waals surface area (Å²) in [5, 5.41) is 2.91. The number of nitrogens with one attached hydrogen (secondary N) is 1. The predicted octanol–water partition coefficient (Wildman–Crippen LogP) is 5.42. The third-order valence-corrected chi connectivity index (χ3v) is 4.73. The second-order valence-corrected chi connectivity index (χ2v) is 6.66. The lowest BCUT2D eigenvalue weighted by molar-refractivity contribution is 0.102. The van der Waals surface area contributed by atoms with E-state index in [1.165, 1.54) is 18.4 Å². The molecule has 0 fully saturated rings. The van der Waals surface area contributed by atoms with E-state index in [4.69, 9.17) is 4.74 Å². The molecule has 0 heterocycles. The Balaban J connectivity index is 1.92. The van der Waals surface area contributed by atoms with E-state index in [0.717, 1.165) is 28.0 Å². The van der Waals surface area contributed by atoms with Crippen LogP contribution >= 0.6 is 22.6 Å². The molecule has 0 aliphatic heterocycles. The SMILES string of the molecule is CCCCCOc1ccc(NC(=O)c2ccc(C)c(I)c2)cc1. The quantitative estimate of drug-likeness (QED) is 0.477. The van der Waals surface area contributed by atoms with Crippen molar-refractivity contribution in [3.63, 3.8) is 0 Å². The van der Waals surface area contributed by atoms with Crippen LogP contribution in [0.4, 0.5) is 5.69 Å². The smallest absolute Gasteiger partial charge is 0.255 e. The maximum atomic E-state index is 12.3. The van der Waals surface area contributed by atoms with Crippen molar-refractivity contribution in [2.24, 2.45) is 0 Å². The first kappa shape index (κ1) is 17.8. The van der Waals surface area contributed by atoms with Gasteiger partial charge in [-0.3, -0.25) is 4.79 Å². The van der Waals surface area contributed by atoms with Crippen molar-refractivity contribution in [3.8, 4) is 5.75 Å². The molecule has 0 aromatic heterocycles. The molecule has 2 aromatic carbocycles. The average molecular weight is 423 g/mol. The molecule has 0 aliphatic rings. The Bertz CT molecular complexity index is 653. The van der Waals surface area contributed by atoms with Crippen LogP contribution < -0.4 is 10.1 Å². The minimum atomic E-state index is -0.0977. The Morgan fingerprint density at radius 2 is 1.87 bits per heavy atom. The topological polar surface area (TPSA) is 38.3 Å². The van der Waals surface area contributed by atoms with Crippen LogP contribution in [-0.2, 0) is 0 Å². The molecule has 2 aromatic rings. The van der Waals surface area contributed by atoms with Crippen molar-refractivity contribution >= 4 is 34.2 Å². The van der Waals surface area contributed by atoms with Crippen molar-refractivity contribution in [3.05, 3.63) is 57.2 Å². The molecule has 23 heavy (non-hydrogen) atoms. The number of aryl methyl sites for hydroxylation is 1. The first-order valence-corrected chi connectivity index (χ1v) is 8.98. The highest BCUT2D eigenvalue weighted by atomic mass is 127. The van der Waals surface area contributed by atoms with Gasteiger partial charge in [0, 0.05) is 14.8 Å². The van der Waals surface area contributed by atoms with Gasteiger partial charge in [0.25, 0.3) is 5.91 Å². The van der Waals surface area contributed by atoms with E-state index in [1.54, 1.807) is 0 Å². The Morgan fingerprint density at radius 1 is 1.13 bits per heavy atom. The minimum absolute atomic E-state index is 0.0977. The molecule has 122 valence electrons. The Morgan fingerprint density at radius 3 is 2.52 bits per heavy atom. The van der Waals surface area contributed by atoms with Crippen LogP contribution in [0.5, 0.6) is 5.75 Å². The molecule has 1 amide bonds. The molecule has 0 saturated carbocycles. The van der Waals surface area contributed by atoms with E-state index in [-0.39, 0.29) is 5.91 Å². The molecule has 0 spiro atoms. The van der Waals surface area contributed by atoms with Gasteiger partial charge in [0.05, 0.1) is 6.61 Å². The fourth-order valence-corrected chi connectivity index (χ4v) is 2.63. The van der Waals surface area contributed by atoms with Gasteiger partial charge in [0.15, 0.2) is 0 Å². The summed E-state index contributed by atoms with van der Waals surface area (Å²) in [6.45, 7) is 4.94. The third-order valence-electron chi connectivity index (χ3n) is 3.56. The lowest BCUT2D eigenvalue weighted by Crippen LogP contribution is -2.12. The van der Waals surface area contributed by atoms with Crippen molar-refractivity contribution in [2.45, 2.75) is 33.1 Å². The van der Waals surface area contributed by atoms with Gasteiger partial charge in [-0.15, -0.1) is 0 Å². The summed E-state index contributed by atoms with van der Waals surface area (Å²) in [5.74, 6) is 0.739. The molecule has 0 radical (unpaired) electrons. The Labute approximate surface area is 151 Å². The zero-order chi connectivity index (χ0) is 16.7. The molecular formula is C19H22INO2. The normalized spacial score (nSPS) is 10.4. The van der Waals surface area contributed by atoms with Gasteiger partial charge in [-0.2, -0.15) is 0 Å². The molecule has 4 heteroatoms. The Hall–Kier alpha value is -1.56. The molecule has 0 unspecified atom stereocenters. The Kier molecular flexibility index (Phi) is 6.89. The van der Waals surface area contributed by atoms with Crippen molar-refractivity contribution in [2.75, 3.05) is 11.9 Å². The second kappa shape index (κ2) is 8.91. The number of carbonyl (C=O) groups is 1. The van der Waals surface area contributed by atoms with Gasteiger partial charge < -0.3 is 10.1 Å². The monoisotopic (exact) mass is 423 g/mol. The molecule has 2 rings (SSSR count). The van der Waals surface area contributed by atoms with Gasteiger partial charge in [-0.1, -0.05) is 25.8 Å². The van der Waals surface area contributed by atoms with Gasteiger partial charge in [-0.05, 0) is 77.9 Å². The zero-order valence-electron chi connectivity index (χ0n) is 13.6. The fourth-order valence-electron chi connectivity index (χ4n) is 2.11. The maximum absolute atomic E-state index is 12.3. The van der Waals surface area contributed by atoms with Gasteiger partial charge >= 0.3 is 0 Å². The van der Waals surface area contributed by atoms with Crippen LogP contribution in [0, 0.1) is 10.5 Å². The zero-order valence-corrected chi connectivity index (χ0v) is 15.7. The lowest BCUT2D eigenvalue weighted by atomic mass is 10.1. The second-order valence-electron chi connectivity index (χ2n) is 5.50. The summed E-state index contributed by atoms with van der Waals surface area (Å²) in [6.07, 6.45) is 3.44. The van der Waals surface area contributed by atoms with E-state index < -0.39 is 0 Å². The number of hydrogen-bond acceptors (Lipinski definition) is 2. The number of benzene rings is 2. The van der Waals surface area contributed by atoms with E-state index in [2.05, 4.69) is 34.8 Å². The highest BCUT2D eigenvalue weighted by molar-refractivity contribution is 14.1. The summed E-state index contributed by atoms with van der Waals surface area (Å²) >= 11 is 2.24. The lowest BCUT2D eigenvalue weighted by Gasteiger charge is -2.09. The number of carbonyl (C=O) groups excluding carboxylic acids is 1. The van der Waals surface area contributed by atoms with Gasteiger partial charge in [-0.25, -0.2) is 0 Å². The third kappa shape index (κ3) is 5.53. The van der Waals surface area contributed by atoms with Crippen LogP contribution in [0.25, 0.3) is 0 Å². The number of anilines is 1. The van der Waals surface area contributed by atoms with Crippen LogP contribution in [0.2, 0.25) is 0 Å². The first-order valence-electron chi connectivity index (χ1n) is 7.90. The largest absolute Gasteiger partial charge is 0.494 e. The summed E-state index contributed by atoms with van der Waals surface area (Å²) in [7, 11) is 0. The number of unbranched alkanes of at least 4 members (excludes halogenated alkanes) is 2. The summed E-state index contributed by atoms with van der Waals surface area (Å²) in [4.78, 5) is 12.3. The number of ether oxygens (including phenoxy) is 1. The van der Waals surface area contributed by atoms with E-state index in [9.17, 15) is 4.79 Å². The first-order chi connectivity index (χ1) is 11.1. The van der Waals surface area contributed by atoms with E-state index in [0.29, 0.717) is 5.56 Å². The number of halogens is 1. The number of amides is 1. The van der Waals surface area contributed by atoms with Crippen molar-refractivity contribution in [1.82, 2.24) is 0 Å². The van der Waals surface area contributed by atoms with Crippen molar-refractivity contribution in [1.29, 1.82) is 0 Å². The van der Waals surface area contributed by atoms with Crippen LogP contribution in [0.3, 0.4) is 0 Å². The van der Waals surface area contributed by atoms with Gasteiger partial charge in [0.2, 0.25) is 0 Å². The molecule has 0 bridgehead atoms. The number of rotatable bonds is 7. The van der Waals surface area contributed by atoms with Crippen LogP contribution in [0.1, 0.15) is 42.1 Å². The molecule has 3 nitrogen and oxygen atoms in total. The van der Waals surface area contributed by atoms with E-state index in [1.807, 2.05) is 49.4 Å². The minimum Gasteiger partial charge on any atom is -0.494 e. The summed E-state index contributed by atoms with van der Waals surface area (Å²) in [6, 6.07) is 13.2. The standard InChI is InChI=1S/C19H22INO2/c1-3-4-5-12-23-17-10-8-16(9-11-17)21-19(22)15-7-6-14(2)18(20)13-15/h6-11,13H,3-5,12H2,1-2H3,(H,21,22). The highest BCUT2D eigenvalue weighted by Gasteiger charge is 2.07. The number of hydrogen-bond donors (Lipinski definition) is 1. The van der Waals surface area contributed by atoms with E-state index >= 15 is 0 Å². The highest BCUT2D eigenvalue weighted by Crippen LogP contribution is 2.18. The predicted molar refractivity (Wildman–Crippen MR) is 103 cm³/mol. The average Bonchev–Trinajstić information content (AvgIpc) is 2.55. The van der Waals surface area contributed by atoms with Crippen LogP contribution in [0.15, 0.2) is 42.5 Å². The van der Waals surface area contributed by atoms with Crippen molar-refractivity contribution < 1.29 is 9.53 Å². The molecule has 0 atom stereocenters. The van der Waals surface area contributed by atoms with Gasteiger partial charge in [0.1, 0.15) is 5.75 Å². The maximum Gasteiger partial charge on any atom is 0.255 e. The molecule has 1 N–H and O–H groups in total. The summed E-state index contributed by atoms with van der Waals surface area (Å²) < 4.78 is 6.76. The molecule has 0 saturated heterocycles. The summed E-state index contributed by atoms with van der Waals surface area (Å²) in [5.41, 5.74) is 2.61. The van der Waals surface area contributed by atoms with Crippen LogP contribution in [-0.4, -0.2) is 12.5 Å². The molecular weight excluding hydrogens is 401 g/mol. The molecule has 0 aliphatic carbocycles.